The van der Waals surface area contributed by atoms with Crippen molar-refractivity contribution in [1.82, 2.24) is 0 Å². The molecule has 0 heterocycles. The van der Waals surface area contributed by atoms with E-state index in [2.05, 4.69) is 4.72 Å². The molecule has 8 heteroatoms. The van der Waals surface area contributed by atoms with Crippen LogP contribution in [0, 0.1) is 6.92 Å². The van der Waals surface area contributed by atoms with Crippen LogP contribution in [0.4, 0.5) is 5.69 Å². The third-order valence-corrected chi connectivity index (χ3v) is 4.10. The molecule has 1 N–H and O–H groups in total. The van der Waals surface area contributed by atoms with Crippen LogP contribution in [0.1, 0.15) is 22.8 Å². The molecule has 2 aromatic rings. The van der Waals surface area contributed by atoms with Gasteiger partial charge in [0.15, 0.2) is 12.7 Å². The van der Waals surface area contributed by atoms with Crippen LogP contribution in [0.2, 0.25) is 0 Å². The van der Waals surface area contributed by atoms with Crippen LogP contribution in [0.15, 0.2) is 48.5 Å². The molecule has 2 rings (SSSR count). The molecule has 0 aromatic heterocycles. The molecule has 1 atom stereocenters. The summed E-state index contributed by atoms with van der Waals surface area (Å²) in [7, 11) is -3.39. The van der Waals surface area contributed by atoms with Gasteiger partial charge in [0.2, 0.25) is 15.8 Å². The number of hydrogen-bond donors (Lipinski definition) is 1. The number of rotatable bonds is 8. The monoisotopic (exact) mass is 391 g/mol. The number of aryl methyl sites for hydroxylation is 1. The van der Waals surface area contributed by atoms with Gasteiger partial charge >= 0.3 is 5.97 Å². The van der Waals surface area contributed by atoms with Crippen molar-refractivity contribution in [3.63, 3.8) is 0 Å². The normalized spacial score (nSPS) is 12.1. The van der Waals surface area contributed by atoms with E-state index in [-0.39, 0.29) is 6.61 Å². The van der Waals surface area contributed by atoms with E-state index in [1.807, 2.05) is 19.1 Å². The van der Waals surface area contributed by atoms with Crippen molar-refractivity contribution in [1.29, 1.82) is 0 Å². The Bertz CT molecular complexity index is 921. The number of carbonyl (C=O) groups is 2. The van der Waals surface area contributed by atoms with Crippen LogP contribution in [0.5, 0.6) is 5.75 Å². The van der Waals surface area contributed by atoms with Gasteiger partial charge in [-0.3, -0.25) is 9.52 Å². The first-order chi connectivity index (χ1) is 12.6. The molecule has 27 heavy (non-hydrogen) atoms. The van der Waals surface area contributed by atoms with E-state index in [0.29, 0.717) is 17.0 Å². The van der Waals surface area contributed by atoms with Gasteiger partial charge in [-0.25, -0.2) is 13.2 Å². The van der Waals surface area contributed by atoms with E-state index >= 15 is 0 Å². The number of ketones is 1. The van der Waals surface area contributed by atoms with Crippen LogP contribution in [0.3, 0.4) is 0 Å². The lowest BCUT2D eigenvalue weighted by Gasteiger charge is -2.13. The summed E-state index contributed by atoms with van der Waals surface area (Å²) >= 11 is 0. The van der Waals surface area contributed by atoms with Crippen molar-refractivity contribution < 1.29 is 27.5 Å². The molecule has 0 amide bonds. The quantitative estimate of drug-likeness (QED) is 0.548. The van der Waals surface area contributed by atoms with E-state index in [9.17, 15) is 18.0 Å². The number of nitrogens with one attached hydrogen (secondary N) is 1. The summed E-state index contributed by atoms with van der Waals surface area (Å²) in [4.78, 5) is 24.2. The number of sulfonamides is 1. The summed E-state index contributed by atoms with van der Waals surface area (Å²) < 4.78 is 35.1. The number of hydrogen-bond acceptors (Lipinski definition) is 6. The Labute approximate surface area is 158 Å². The molecule has 2 aromatic carbocycles. The van der Waals surface area contributed by atoms with Gasteiger partial charge in [-0.15, -0.1) is 0 Å². The number of carbonyl (C=O) groups excluding carboxylic acids is 2. The molecule has 7 nitrogen and oxygen atoms in total. The van der Waals surface area contributed by atoms with Crippen molar-refractivity contribution in [3.05, 3.63) is 59.7 Å². The molecule has 0 fully saturated rings. The maximum atomic E-state index is 12.3. The minimum Gasteiger partial charge on any atom is -0.482 e. The highest BCUT2D eigenvalue weighted by Gasteiger charge is 2.20. The second-order valence-corrected chi connectivity index (χ2v) is 7.80. The molecule has 0 aliphatic heterocycles. The Balaban J connectivity index is 1.89. The Kier molecular flexibility index (Phi) is 6.57. The SMILES string of the molecule is Cc1cccc(OCC(=O)OC(C)C(=O)c2ccc(NS(C)(=O)=O)cc2)c1. The number of esters is 1. The van der Waals surface area contributed by atoms with E-state index in [4.69, 9.17) is 9.47 Å². The first kappa shape index (κ1) is 20.4. The topological polar surface area (TPSA) is 98.8 Å². The minimum atomic E-state index is -3.39. The number of Topliss-reactive ketones (excluding diaryl/α,β-unsaturated/α-hetero) is 1. The second kappa shape index (κ2) is 8.68. The molecule has 0 spiro atoms. The zero-order valence-electron chi connectivity index (χ0n) is 15.3. The third kappa shape index (κ3) is 6.74. The summed E-state index contributed by atoms with van der Waals surface area (Å²) in [6.45, 7) is 3.07. The van der Waals surface area contributed by atoms with Crippen molar-refractivity contribution in [2.45, 2.75) is 20.0 Å². The standard InChI is InChI=1S/C19H21NO6S/c1-13-5-4-6-17(11-13)25-12-18(21)26-14(2)19(22)15-7-9-16(10-8-15)20-27(3,23)24/h4-11,14,20H,12H2,1-3H3. The average Bonchev–Trinajstić information content (AvgIpc) is 2.58. The lowest BCUT2D eigenvalue weighted by Crippen LogP contribution is -2.27. The lowest BCUT2D eigenvalue weighted by atomic mass is 10.1. The van der Waals surface area contributed by atoms with Crippen molar-refractivity contribution >= 4 is 27.5 Å². The van der Waals surface area contributed by atoms with Crippen molar-refractivity contribution in [2.24, 2.45) is 0 Å². The number of benzene rings is 2. The van der Waals surface area contributed by atoms with Crippen LogP contribution in [-0.2, 0) is 19.6 Å². The van der Waals surface area contributed by atoms with E-state index in [1.54, 1.807) is 12.1 Å². The molecule has 0 bridgehead atoms. The summed E-state index contributed by atoms with van der Waals surface area (Å²) in [6.07, 6.45) is 0.0409. The minimum absolute atomic E-state index is 0.300. The molecule has 144 valence electrons. The van der Waals surface area contributed by atoms with Crippen LogP contribution in [0.25, 0.3) is 0 Å². The van der Waals surface area contributed by atoms with Gasteiger partial charge in [-0.1, -0.05) is 12.1 Å². The van der Waals surface area contributed by atoms with Crippen LogP contribution in [-0.4, -0.2) is 39.1 Å². The molecular weight excluding hydrogens is 370 g/mol. The summed E-state index contributed by atoms with van der Waals surface area (Å²) in [5, 5.41) is 0. The molecule has 0 aliphatic rings. The zero-order valence-corrected chi connectivity index (χ0v) is 16.1. The van der Waals surface area contributed by atoms with Crippen LogP contribution < -0.4 is 9.46 Å². The first-order valence-corrected chi connectivity index (χ1v) is 10.0. The average molecular weight is 391 g/mol. The Morgan fingerprint density at radius 3 is 2.37 bits per heavy atom. The molecule has 0 saturated carbocycles. The highest BCUT2D eigenvalue weighted by atomic mass is 32.2. The number of ether oxygens (including phenoxy) is 2. The fourth-order valence-corrected chi connectivity index (χ4v) is 2.85. The van der Waals surface area contributed by atoms with E-state index < -0.39 is 27.9 Å². The molecule has 0 aliphatic carbocycles. The van der Waals surface area contributed by atoms with Gasteiger partial charge in [0, 0.05) is 11.3 Å². The predicted molar refractivity (Wildman–Crippen MR) is 101 cm³/mol. The van der Waals surface area contributed by atoms with Gasteiger partial charge in [-0.05, 0) is 55.8 Å². The van der Waals surface area contributed by atoms with Gasteiger partial charge in [0.05, 0.1) is 6.26 Å². The third-order valence-electron chi connectivity index (χ3n) is 3.50. The second-order valence-electron chi connectivity index (χ2n) is 6.05. The number of anilines is 1. The summed E-state index contributed by atoms with van der Waals surface area (Å²) in [5.41, 5.74) is 1.64. The molecule has 0 radical (unpaired) electrons. The summed E-state index contributed by atoms with van der Waals surface area (Å²) in [6, 6.07) is 13.1. The van der Waals surface area contributed by atoms with Gasteiger partial charge in [0.25, 0.3) is 0 Å². The zero-order chi connectivity index (χ0) is 20.0. The van der Waals surface area contributed by atoms with Gasteiger partial charge < -0.3 is 9.47 Å². The Hall–Kier alpha value is -2.87. The molecular formula is C19H21NO6S. The maximum absolute atomic E-state index is 12.3. The highest BCUT2D eigenvalue weighted by molar-refractivity contribution is 7.92. The fraction of sp³-hybridized carbons (Fsp3) is 0.263. The lowest BCUT2D eigenvalue weighted by molar-refractivity contribution is -0.148. The van der Waals surface area contributed by atoms with E-state index in [0.717, 1.165) is 11.8 Å². The molecule has 0 saturated heterocycles. The highest BCUT2D eigenvalue weighted by Crippen LogP contribution is 2.14. The maximum Gasteiger partial charge on any atom is 0.344 e. The first-order valence-electron chi connectivity index (χ1n) is 8.15. The summed E-state index contributed by atoms with van der Waals surface area (Å²) in [5.74, 6) is -0.516. The van der Waals surface area contributed by atoms with Gasteiger partial charge in [0.1, 0.15) is 5.75 Å². The predicted octanol–water partition coefficient (Wildman–Crippen LogP) is 2.56. The Morgan fingerprint density at radius 1 is 1.11 bits per heavy atom. The largest absolute Gasteiger partial charge is 0.482 e. The van der Waals surface area contributed by atoms with E-state index in [1.165, 1.54) is 31.2 Å². The smallest absolute Gasteiger partial charge is 0.344 e. The van der Waals surface area contributed by atoms with Crippen LogP contribution >= 0.6 is 0 Å². The van der Waals surface area contributed by atoms with Gasteiger partial charge in [-0.2, -0.15) is 0 Å². The Morgan fingerprint density at radius 2 is 1.78 bits per heavy atom. The van der Waals surface area contributed by atoms with Crippen molar-refractivity contribution in [2.75, 3.05) is 17.6 Å². The molecule has 1 unspecified atom stereocenters. The fourth-order valence-electron chi connectivity index (χ4n) is 2.28. The van der Waals surface area contributed by atoms with Crippen molar-refractivity contribution in [3.8, 4) is 5.75 Å².